The van der Waals surface area contributed by atoms with Gasteiger partial charge in [0.15, 0.2) is 5.60 Å². The van der Waals surface area contributed by atoms with Crippen LogP contribution in [0, 0.1) is 0 Å². The molecule has 2 rings (SSSR count). The van der Waals surface area contributed by atoms with E-state index in [0.29, 0.717) is 12.8 Å². The van der Waals surface area contributed by atoms with Crippen molar-refractivity contribution in [1.29, 1.82) is 0 Å². The smallest absolute Gasteiger partial charge is 0.415 e. The molecule has 0 atom stereocenters. The number of carbonyl (C=O) groups is 2. The number of ether oxygens (including phenoxy) is 1. The fraction of sp³-hybridized carbons (Fsp3) is 0.714. The van der Waals surface area contributed by atoms with Gasteiger partial charge in [-0.15, -0.1) is 0 Å². The predicted octanol–water partition coefficient (Wildman–Crippen LogP) is 0.566. The van der Waals surface area contributed by atoms with Crippen LogP contribution < -0.4 is 5.32 Å². The van der Waals surface area contributed by atoms with Gasteiger partial charge in [-0.05, 0) is 25.7 Å². The normalized spacial score (nSPS) is 27.3. The molecular weight excluding hydrogens is 146 g/mol. The molecule has 0 unspecified atom stereocenters. The van der Waals surface area contributed by atoms with Gasteiger partial charge in [0.2, 0.25) is 0 Å². The number of rotatable bonds is 0. The number of imide groups is 1. The zero-order valence-electron chi connectivity index (χ0n) is 6.05. The lowest BCUT2D eigenvalue weighted by Crippen LogP contribution is -2.35. The number of carbonyl (C=O) groups excluding carboxylic acids is 2. The lowest BCUT2D eigenvalue weighted by atomic mass is 10.0. The van der Waals surface area contributed by atoms with Crippen molar-refractivity contribution in [2.45, 2.75) is 31.3 Å². The summed E-state index contributed by atoms with van der Waals surface area (Å²) in [5, 5.41) is 2.15. The highest BCUT2D eigenvalue weighted by molar-refractivity contribution is 6.02. The summed E-state index contributed by atoms with van der Waals surface area (Å²) < 4.78 is 4.92. The van der Waals surface area contributed by atoms with Gasteiger partial charge in [-0.1, -0.05) is 0 Å². The van der Waals surface area contributed by atoms with Gasteiger partial charge < -0.3 is 4.74 Å². The van der Waals surface area contributed by atoms with E-state index in [-0.39, 0.29) is 5.91 Å². The van der Waals surface area contributed by atoms with Gasteiger partial charge in [0.1, 0.15) is 0 Å². The molecule has 1 saturated carbocycles. The molecule has 1 aliphatic heterocycles. The minimum Gasteiger partial charge on any atom is -0.432 e. The SMILES string of the molecule is O=C1NC(=O)C2(CCCC2)O1. The molecule has 1 aliphatic carbocycles. The summed E-state index contributed by atoms with van der Waals surface area (Å²) in [6.07, 6.45) is 2.73. The van der Waals surface area contributed by atoms with Gasteiger partial charge in [-0.2, -0.15) is 0 Å². The van der Waals surface area contributed by atoms with Crippen LogP contribution in [0.2, 0.25) is 0 Å². The zero-order chi connectivity index (χ0) is 7.90. The van der Waals surface area contributed by atoms with Gasteiger partial charge >= 0.3 is 6.09 Å². The molecule has 1 N–H and O–H groups in total. The summed E-state index contributed by atoms with van der Waals surface area (Å²) in [6, 6.07) is 0. The molecule has 0 radical (unpaired) electrons. The topological polar surface area (TPSA) is 55.4 Å². The molecule has 4 nitrogen and oxygen atoms in total. The number of alkyl carbamates (subject to hydrolysis) is 1. The molecule has 0 aromatic carbocycles. The molecular formula is C7H9NO3. The van der Waals surface area contributed by atoms with Gasteiger partial charge in [0.05, 0.1) is 0 Å². The summed E-state index contributed by atoms with van der Waals surface area (Å²) >= 11 is 0. The molecule has 0 bridgehead atoms. The van der Waals surface area contributed by atoms with E-state index in [0.717, 1.165) is 12.8 Å². The van der Waals surface area contributed by atoms with Crippen LogP contribution in [0.5, 0.6) is 0 Å². The van der Waals surface area contributed by atoms with Crippen LogP contribution >= 0.6 is 0 Å². The summed E-state index contributed by atoms with van der Waals surface area (Å²) in [5.74, 6) is -0.250. The zero-order valence-corrected chi connectivity index (χ0v) is 6.05. The highest BCUT2D eigenvalue weighted by atomic mass is 16.6. The first-order valence-corrected chi connectivity index (χ1v) is 3.77. The van der Waals surface area contributed by atoms with Crippen molar-refractivity contribution >= 4 is 12.0 Å². The van der Waals surface area contributed by atoms with Crippen LogP contribution in [0.3, 0.4) is 0 Å². The van der Waals surface area contributed by atoms with Gasteiger partial charge in [-0.3, -0.25) is 10.1 Å². The maximum absolute atomic E-state index is 11.2. The van der Waals surface area contributed by atoms with E-state index in [1.165, 1.54) is 0 Å². The first-order valence-electron chi connectivity index (χ1n) is 3.77. The van der Waals surface area contributed by atoms with E-state index in [1.54, 1.807) is 0 Å². The van der Waals surface area contributed by atoms with Gasteiger partial charge in [0, 0.05) is 0 Å². The molecule has 2 amide bonds. The Kier molecular flexibility index (Phi) is 1.19. The quantitative estimate of drug-likeness (QED) is 0.556. The molecule has 0 aromatic rings. The Morgan fingerprint density at radius 1 is 1.27 bits per heavy atom. The summed E-state index contributed by atoms with van der Waals surface area (Å²) in [5.41, 5.74) is -0.781. The van der Waals surface area contributed by atoms with Crippen molar-refractivity contribution in [1.82, 2.24) is 5.32 Å². The summed E-state index contributed by atoms with van der Waals surface area (Å²) in [4.78, 5) is 21.8. The van der Waals surface area contributed by atoms with Crippen LogP contribution in [0.25, 0.3) is 0 Å². The van der Waals surface area contributed by atoms with Gasteiger partial charge in [0.25, 0.3) is 5.91 Å². The first-order chi connectivity index (χ1) is 5.23. The van der Waals surface area contributed by atoms with Crippen LogP contribution in [-0.4, -0.2) is 17.6 Å². The van der Waals surface area contributed by atoms with Crippen molar-refractivity contribution in [3.63, 3.8) is 0 Å². The second-order valence-corrected chi connectivity index (χ2v) is 3.05. The average Bonchev–Trinajstić information content (AvgIpc) is 2.45. The van der Waals surface area contributed by atoms with E-state index in [4.69, 9.17) is 4.74 Å². The standard InChI is InChI=1S/C7H9NO3/c9-5-7(3-1-2-4-7)11-6(10)8-5/h1-4H2,(H,8,9,10). The van der Waals surface area contributed by atoms with Crippen LogP contribution in [0.4, 0.5) is 4.79 Å². The molecule has 2 fully saturated rings. The van der Waals surface area contributed by atoms with Crippen molar-refractivity contribution in [2.24, 2.45) is 0 Å². The highest BCUT2D eigenvalue weighted by Gasteiger charge is 2.50. The molecule has 4 heteroatoms. The Balaban J connectivity index is 2.24. The third kappa shape index (κ3) is 0.818. The Hall–Kier alpha value is -1.06. The minimum absolute atomic E-state index is 0.250. The maximum Gasteiger partial charge on any atom is 0.415 e. The van der Waals surface area contributed by atoms with Crippen molar-refractivity contribution in [3.8, 4) is 0 Å². The Bertz CT molecular complexity index is 218. The van der Waals surface area contributed by atoms with E-state index >= 15 is 0 Å². The molecule has 2 aliphatic rings. The van der Waals surface area contributed by atoms with E-state index in [2.05, 4.69) is 5.32 Å². The lowest BCUT2D eigenvalue weighted by Gasteiger charge is -2.15. The van der Waals surface area contributed by atoms with E-state index < -0.39 is 11.7 Å². The lowest BCUT2D eigenvalue weighted by molar-refractivity contribution is -0.130. The molecule has 11 heavy (non-hydrogen) atoms. The molecule has 60 valence electrons. The summed E-state index contributed by atoms with van der Waals surface area (Å²) in [7, 11) is 0. The van der Waals surface area contributed by atoms with Crippen LogP contribution in [0.15, 0.2) is 0 Å². The summed E-state index contributed by atoms with van der Waals surface area (Å²) in [6.45, 7) is 0. The number of hydrogen-bond acceptors (Lipinski definition) is 3. The second kappa shape index (κ2) is 1.96. The van der Waals surface area contributed by atoms with Crippen molar-refractivity contribution < 1.29 is 14.3 Å². The Morgan fingerprint density at radius 2 is 1.91 bits per heavy atom. The van der Waals surface area contributed by atoms with Crippen molar-refractivity contribution in [2.75, 3.05) is 0 Å². The monoisotopic (exact) mass is 155 g/mol. The molecule has 0 aromatic heterocycles. The number of amides is 2. The molecule has 1 saturated heterocycles. The Labute approximate surface area is 63.9 Å². The predicted molar refractivity (Wildman–Crippen MR) is 35.8 cm³/mol. The molecule has 1 heterocycles. The maximum atomic E-state index is 11.2. The fourth-order valence-electron chi connectivity index (χ4n) is 1.73. The van der Waals surface area contributed by atoms with Crippen LogP contribution in [0.1, 0.15) is 25.7 Å². The fourth-order valence-corrected chi connectivity index (χ4v) is 1.73. The highest BCUT2D eigenvalue weighted by Crippen LogP contribution is 2.35. The van der Waals surface area contributed by atoms with Crippen LogP contribution in [-0.2, 0) is 9.53 Å². The Morgan fingerprint density at radius 3 is 2.36 bits per heavy atom. The third-order valence-corrected chi connectivity index (χ3v) is 2.33. The van der Waals surface area contributed by atoms with E-state index in [9.17, 15) is 9.59 Å². The largest absolute Gasteiger partial charge is 0.432 e. The first kappa shape index (κ1) is 6.64. The average molecular weight is 155 g/mol. The van der Waals surface area contributed by atoms with Gasteiger partial charge in [-0.25, -0.2) is 4.79 Å². The number of hydrogen-bond donors (Lipinski definition) is 1. The number of nitrogens with one attached hydrogen (secondary N) is 1. The van der Waals surface area contributed by atoms with E-state index in [1.807, 2.05) is 0 Å². The second-order valence-electron chi connectivity index (χ2n) is 3.05. The molecule has 1 spiro atoms. The third-order valence-electron chi connectivity index (χ3n) is 2.33. The van der Waals surface area contributed by atoms with Crippen molar-refractivity contribution in [3.05, 3.63) is 0 Å². The minimum atomic E-state index is -0.781.